The van der Waals surface area contributed by atoms with Gasteiger partial charge in [0, 0.05) is 12.0 Å². The normalized spacial score (nSPS) is 21.1. The number of nitrogens with one attached hydrogen (secondary N) is 2. The predicted octanol–water partition coefficient (Wildman–Crippen LogP) is 2.35. The molecule has 2 amide bonds. The lowest BCUT2D eigenvalue weighted by molar-refractivity contribution is -0.127. The van der Waals surface area contributed by atoms with Gasteiger partial charge in [-0.1, -0.05) is 57.0 Å². The number of carbonyl (C=O) groups is 2. The molecule has 0 heterocycles. The Morgan fingerprint density at radius 2 is 1.80 bits per heavy atom. The highest BCUT2D eigenvalue weighted by atomic mass is 35.5. The first-order valence-corrected chi connectivity index (χ1v) is 8.86. The number of amides is 2. The van der Waals surface area contributed by atoms with Gasteiger partial charge in [0.1, 0.15) is 0 Å². The molecule has 1 aromatic rings. The van der Waals surface area contributed by atoms with Crippen LogP contribution in [0.25, 0.3) is 0 Å². The summed E-state index contributed by atoms with van der Waals surface area (Å²) in [6.45, 7) is 3.75. The van der Waals surface area contributed by atoms with Crippen LogP contribution in [0.4, 0.5) is 0 Å². The van der Waals surface area contributed by atoms with E-state index in [4.69, 9.17) is 5.73 Å². The van der Waals surface area contributed by atoms with E-state index in [9.17, 15) is 9.59 Å². The van der Waals surface area contributed by atoms with Gasteiger partial charge < -0.3 is 16.4 Å². The van der Waals surface area contributed by atoms with Crippen molar-refractivity contribution < 1.29 is 9.59 Å². The molecule has 1 aliphatic carbocycles. The van der Waals surface area contributed by atoms with Crippen LogP contribution < -0.4 is 16.4 Å². The van der Waals surface area contributed by atoms with Crippen molar-refractivity contribution in [3.05, 3.63) is 35.9 Å². The second kappa shape index (κ2) is 10.4. The highest BCUT2D eigenvalue weighted by molar-refractivity contribution is 5.87. The Hall–Kier alpha value is -1.59. The molecule has 0 spiro atoms. The van der Waals surface area contributed by atoms with E-state index in [0.717, 1.165) is 19.3 Å². The number of rotatable bonds is 6. The van der Waals surface area contributed by atoms with Gasteiger partial charge in [-0.3, -0.25) is 9.59 Å². The lowest BCUT2D eigenvalue weighted by Gasteiger charge is -2.32. The van der Waals surface area contributed by atoms with E-state index in [1.165, 1.54) is 12.0 Å². The third kappa shape index (κ3) is 6.33. The molecule has 0 radical (unpaired) electrons. The van der Waals surface area contributed by atoms with Crippen molar-refractivity contribution in [3.8, 4) is 0 Å². The summed E-state index contributed by atoms with van der Waals surface area (Å²) in [7, 11) is 0. The summed E-state index contributed by atoms with van der Waals surface area (Å²) in [4.78, 5) is 24.1. The van der Waals surface area contributed by atoms with Crippen LogP contribution in [-0.2, 0) is 9.59 Å². The largest absolute Gasteiger partial charge is 0.351 e. The quantitative estimate of drug-likeness (QED) is 0.721. The summed E-state index contributed by atoms with van der Waals surface area (Å²) in [6, 6.07) is 9.88. The van der Waals surface area contributed by atoms with Crippen molar-refractivity contribution in [2.24, 2.45) is 11.7 Å². The summed E-state index contributed by atoms with van der Waals surface area (Å²) >= 11 is 0. The van der Waals surface area contributed by atoms with Crippen molar-refractivity contribution in [1.29, 1.82) is 0 Å². The fourth-order valence-corrected chi connectivity index (χ4v) is 3.25. The highest BCUT2D eigenvalue weighted by Crippen LogP contribution is 2.32. The van der Waals surface area contributed by atoms with E-state index in [-0.39, 0.29) is 42.7 Å². The smallest absolute Gasteiger partial charge is 0.239 e. The van der Waals surface area contributed by atoms with Crippen LogP contribution in [0.1, 0.15) is 51.0 Å². The maximum Gasteiger partial charge on any atom is 0.239 e. The van der Waals surface area contributed by atoms with Crippen molar-refractivity contribution >= 4 is 24.2 Å². The zero-order chi connectivity index (χ0) is 17.5. The molecule has 3 atom stereocenters. The van der Waals surface area contributed by atoms with Gasteiger partial charge in [0.25, 0.3) is 0 Å². The molecule has 0 saturated heterocycles. The molecule has 0 bridgehead atoms. The molecule has 0 aromatic heterocycles. The molecule has 1 aromatic carbocycles. The first kappa shape index (κ1) is 21.5. The minimum absolute atomic E-state index is 0. The Kier molecular flexibility index (Phi) is 8.93. The maximum absolute atomic E-state index is 12.2. The van der Waals surface area contributed by atoms with Crippen LogP contribution in [0, 0.1) is 5.92 Å². The van der Waals surface area contributed by atoms with E-state index in [0.29, 0.717) is 5.92 Å². The average Bonchev–Trinajstić information content (AvgIpc) is 2.60. The second-order valence-electron chi connectivity index (χ2n) is 6.96. The van der Waals surface area contributed by atoms with Gasteiger partial charge in [-0.2, -0.15) is 0 Å². The number of hydrogen-bond acceptors (Lipinski definition) is 3. The molecule has 1 saturated carbocycles. The third-order valence-electron chi connectivity index (χ3n) is 4.78. The molecule has 5 nitrogen and oxygen atoms in total. The Morgan fingerprint density at radius 3 is 2.44 bits per heavy atom. The molecule has 2 unspecified atom stereocenters. The third-order valence-corrected chi connectivity index (χ3v) is 4.78. The number of carbonyl (C=O) groups excluding carboxylic acids is 2. The molecule has 25 heavy (non-hydrogen) atoms. The number of nitrogens with two attached hydrogens (primary N) is 1. The van der Waals surface area contributed by atoms with Crippen molar-refractivity contribution in [2.45, 2.75) is 57.5 Å². The second-order valence-corrected chi connectivity index (χ2v) is 6.96. The Labute approximate surface area is 156 Å². The summed E-state index contributed by atoms with van der Waals surface area (Å²) in [6.07, 6.45) is 4.37. The standard InChI is InChI=1S/C19H29N3O2.ClH/c1-13(2)18(20)19(24)21-12-17(23)22-16-11-7-6-10-15(16)14-8-4-3-5-9-14;/h3-5,8-9,13,15-16,18H,6-7,10-12,20H2,1-2H3,(H,21,24)(H,22,23);1H/t15?,16?,18-;/m0./s1. The van der Waals surface area contributed by atoms with Crippen molar-refractivity contribution in [1.82, 2.24) is 10.6 Å². The van der Waals surface area contributed by atoms with E-state index >= 15 is 0 Å². The van der Waals surface area contributed by atoms with Crippen molar-refractivity contribution in [2.75, 3.05) is 6.54 Å². The minimum Gasteiger partial charge on any atom is -0.351 e. The van der Waals surface area contributed by atoms with Crippen LogP contribution in [0.2, 0.25) is 0 Å². The molecule has 0 aliphatic heterocycles. The number of benzene rings is 1. The van der Waals surface area contributed by atoms with Crippen molar-refractivity contribution in [3.63, 3.8) is 0 Å². The zero-order valence-corrected chi connectivity index (χ0v) is 15.9. The van der Waals surface area contributed by atoms with Gasteiger partial charge in [-0.15, -0.1) is 12.4 Å². The molecule has 6 heteroatoms. The van der Waals surface area contributed by atoms with Gasteiger partial charge in [-0.05, 0) is 24.3 Å². The van der Waals surface area contributed by atoms with Gasteiger partial charge in [-0.25, -0.2) is 0 Å². The Balaban J connectivity index is 0.00000312. The number of hydrogen-bond donors (Lipinski definition) is 3. The summed E-state index contributed by atoms with van der Waals surface area (Å²) in [5.74, 6) is -0.0260. The Bertz CT molecular complexity index is 551. The van der Waals surface area contributed by atoms with Gasteiger partial charge in [0.2, 0.25) is 11.8 Å². The van der Waals surface area contributed by atoms with Gasteiger partial charge in [0.05, 0.1) is 12.6 Å². The average molecular weight is 368 g/mol. The monoisotopic (exact) mass is 367 g/mol. The van der Waals surface area contributed by atoms with Crippen LogP contribution in [0.5, 0.6) is 0 Å². The number of halogens is 1. The van der Waals surface area contributed by atoms with Crippen LogP contribution in [0.3, 0.4) is 0 Å². The lowest BCUT2D eigenvalue weighted by Crippen LogP contribution is -2.49. The van der Waals surface area contributed by atoms with E-state index in [1.807, 2.05) is 32.0 Å². The molecular formula is C19H30ClN3O2. The van der Waals surface area contributed by atoms with Gasteiger partial charge in [0.15, 0.2) is 0 Å². The minimum atomic E-state index is -0.579. The first-order chi connectivity index (χ1) is 11.5. The van der Waals surface area contributed by atoms with E-state index in [2.05, 4.69) is 22.8 Å². The van der Waals surface area contributed by atoms with E-state index in [1.54, 1.807) is 0 Å². The molecule has 1 aliphatic rings. The van der Waals surface area contributed by atoms with Gasteiger partial charge >= 0.3 is 0 Å². The van der Waals surface area contributed by atoms with E-state index < -0.39 is 6.04 Å². The topological polar surface area (TPSA) is 84.2 Å². The lowest BCUT2D eigenvalue weighted by atomic mass is 9.80. The van der Waals surface area contributed by atoms with Crippen LogP contribution in [0.15, 0.2) is 30.3 Å². The molecule has 4 N–H and O–H groups in total. The predicted molar refractivity (Wildman–Crippen MR) is 103 cm³/mol. The fourth-order valence-electron chi connectivity index (χ4n) is 3.25. The summed E-state index contributed by atoms with van der Waals surface area (Å²) in [5, 5.41) is 5.73. The fraction of sp³-hybridized carbons (Fsp3) is 0.579. The zero-order valence-electron chi connectivity index (χ0n) is 15.0. The molecular weight excluding hydrogens is 338 g/mol. The van der Waals surface area contributed by atoms with Crippen LogP contribution in [-0.4, -0.2) is 30.4 Å². The van der Waals surface area contributed by atoms with Crippen LogP contribution >= 0.6 is 12.4 Å². The summed E-state index contributed by atoms with van der Waals surface area (Å²) < 4.78 is 0. The molecule has 2 rings (SSSR count). The Morgan fingerprint density at radius 1 is 1.16 bits per heavy atom. The SMILES string of the molecule is CC(C)[C@H](N)C(=O)NCC(=O)NC1CCCCC1c1ccccc1.Cl. The highest BCUT2D eigenvalue weighted by Gasteiger charge is 2.27. The first-order valence-electron chi connectivity index (χ1n) is 8.86. The summed E-state index contributed by atoms with van der Waals surface area (Å²) in [5.41, 5.74) is 7.06. The molecule has 140 valence electrons. The molecule has 1 fully saturated rings. The maximum atomic E-state index is 12.2.